The van der Waals surface area contributed by atoms with E-state index in [9.17, 15) is 9.59 Å². The largest absolute Gasteiger partial charge is 0.488 e. The molecule has 42 heavy (non-hydrogen) atoms. The van der Waals surface area contributed by atoms with Crippen molar-refractivity contribution < 1.29 is 18.8 Å². The minimum absolute atomic E-state index is 0.133. The Morgan fingerprint density at radius 3 is 2.50 bits per heavy atom. The molecule has 2 aromatic heterocycles. The Labute approximate surface area is 254 Å². The molecular weight excluding hydrogens is 544 g/mol. The fraction of sp³-hybridized carbons (Fsp3) is 0.400. The van der Waals surface area contributed by atoms with Gasteiger partial charge in [-0.05, 0) is 67.7 Å². The number of imide groups is 1. The van der Waals surface area contributed by atoms with Crippen molar-refractivity contribution in [3.05, 3.63) is 99.6 Å². The summed E-state index contributed by atoms with van der Waals surface area (Å²) in [6.45, 7) is 8.72. The smallest absolute Gasteiger partial charge is 0.230 e. The molecule has 224 valence electrons. The summed E-state index contributed by atoms with van der Waals surface area (Å²) >= 11 is 1.71. The molecule has 0 fully saturated rings. The lowest BCUT2D eigenvalue weighted by molar-refractivity contribution is -0.143. The highest BCUT2D eigenvalue weighted by atomic mass is 32.1. The zero-order valence-corrected chi connectivity index (χ0v) is 26.2. The van der Waals surface area contributed by atoms with E-state index in [2.05, 4.69) is 68.4 Å². The van der Waals surface area contributed by atoms with Crippen LogP contribution in [0.5, 0.6) is 5.75 Å². The van der Waals surface area contributed by atoms with E-state index < -0.39 is 0 Å². The molecule has 7 heteroatoms. The van der Waals surface area contributed by atoms with Crippen LogP contribution in [-0.2, 0) is 16.2 Å². The normalized spacial score (nSPS) is 12.7. The van der Waals surface area contributed by atoms with Crippen LogP contribution >= 0.6 is 11.3 Å². The molecule has 3 rings (SSSR count). The molecular formula is C35H44N2O4S. The Kier molecular flexibility index (Phi) is 14.0. The van der Waals surface area contributed by atoms with Gasteiger partial charge in [-0.2, -0.15) is 0 Å². The first-order valence-electron chi connectivity index (χ1n) is 15.0. The van der Waals surface area contributed by atoms with Gasteiger partial charge in [-0.15, -0.1) is 11.3 Å². The van der Waals surface area contributed by atoms with E-state index in [0.717, 1.165) is 41.9 Å². The van der Waals surface area contributed by atoms with E-state index in [4.69, 9.17) is 9.26 Å². The summed E-state index contributed by atoms with van der Waals surface area (Å²) in [5, 5.41) is 4.11. The number of allylic oxidation sites excluding steroid dienone is 5. The fourth-order valence-electron chi connectivity index (χ4n) is 4.65. The van der Waals surface area contributed by atoms with Crippen LogP contribution in [0.2, 0.25) is 0 Å². The van der Waals surface area contributed by atoms with Crippen molar-refractivity contribution in [2.75, 3.05) is 6.54 Å². The van der Waals surface area contributed by atoms with Gasteiger partial charge in [0.15, 0.2) is 0 Å². The van der Waals surface area contributed by atoms with Crippen molar-refractivity contribution in [3.63, 3.8) is 0 Å². The Bertz CT molecular complexity index is 1320. The molecule has 3 aromatic rings. The quantitative estimate of drug-likeness (QED) is 0.116. The second kappa shape index (κ2) is 18.0. The maximum Gasteiger partial charge on any atom is 0.230 e. The number of hydrogen-bond acceptors (Lipinski definition) is 6. The van der Waals surface area contributed by atoms with E-state index in [0.29, 0.717) is 18.8 Å². The van der Waals surface area contributed by atoms with Crippen LogP contribution in [0.1, 0.15) is 99.6 Å². The molecule has 2 heterocycles. The van der Waals surface area contributed by atoms with Gasteiger partial charge in [0.05, 0.1) is 5.69 Å². The molecule has 1 aromatic carbocycles. The molecule has 0 aliphatic heterocycles. The highest BCUT2D eigenvalue weighted by Crippen LogP contribution is 2.30. The first-order chi connectivity index (χ1) is 20.4. The number of amides is 2. The van der Waals surface area contributed by atoms with E-state index in [1.807, 2.05) is 24.3 Å². The summed E-state index contributed by atoms with van der Waals surface area (Å²) in [5.41, 5.74) is 2.92. The van der Waals surface area contributed by atoms with Gasteiger partial charge in [0.2, 0.25) is 11.8 Å². The molecule has 0 N–H and O–H groups in total. The summed E-state index contributed by atoms with van der Waals surface area (Å²) in [7, 11) is 0. The second-order valence-electron chi connectivity index (χ2n) is 10.3. The van der Waals surface area contributed by atoms with Crippen molar-refractivity contribution in [1.82, 2.24) is 10.1 Å². The molecule has 0 saturated heterocycles. The zero-order valence-electron chi connectivity index (χ0n) is 25.4. The Balaban J connectivity index is 1.62. The third-order valence-electron chi connectivity index (χ3n) is 6.98. The molecule has 0 bridgehead atoms. The maximum atomic E-state index is 13.2. The van der Waals surface area contributed by atoms with Gasteiger partial charge < -0.3 is 9.26 Å². The van der Waals surface area contributed by atoms with E-state index in [-0.39, 0.29) is 24.2 Å². The first-order valence-corrected chi connectivity index (χ1v) is 15.8. The zero-order chi connectivity index (χ0) is 30.2. The monoisotopic (exact) mass is 588 g/mol. The van der Waals surface area contributed by atoms with E-state index in [1.165, 1.54) is 41.4 Å². The second-order valence-corrected chi connectivity index (χ2v) is 11.5. The third kappa shape index (κ3) is 10.6. The molecule has 0 aliphatic rings. The SMILES string of the molecule is C\C=C/C(=C\C=C\c1ccc(COc2ccc(C(CC(=O)N(CCCCC)C(C)=O)c3ccon3)cc2)s1)CCCC. The highest BCUT2D eigenvalue weighted by molar-refractivity contribution is 7.12. The molecule has 0 saturated carbocycles. The van der Waals surface area contributed by atoms with Crippen LogP contribution in [-0.4, -0.2) is 28.4 Å². The van der Waals surface area contributed by atoms with Gasteiger partial charge >= 0.3 is 0 Å². The van der Waals surface area contributed by atoms with Crippen LogP contribution in [0.3, 0.4) is 0 Å². The minimum atomic E-state index is -0.325. The molecule has 0 radical (unpaired) electrons. The number of rotatable bonds is 17. The Morgan fingerprint density at radius 2 is 1.83 bits per heavy atom. The van der Waals surface area contributed by atoms with Gasteiger partial charge in [0.25, 0.3) is 0 Å². The third-order valence-corrected chi connectivity index (χ3v) is 8.00. The lowest BCUT2D eigenvalue weighted by Crippen LogP contribution is -2.36. The lowest BCUT2D eigenvalue weighted by Gasteiger charge is -2.22. The van der Waals surface area contributed by atoms with Crippen molar-refractivity contribution in [3.8, 4) is 5.75 Å². The number of carbonyl (C=O) groups excluding carboxylic acids is 2. The van der Waals surface area contributed by atoms with Crippen molar-refractivity contribution >= 4 is 29.2 Å². The van der Waals surface area contributed by atoms with E-state index >= 15 is 0 Å². The van der Waals surface area contributed by atoms with Gasteiger partial charge in [-0.25, -0.2) is 0 Å². The Morgan fingerprint density at radius 1 is 1.05 bits per heavy atom. The van der Waals surface area contributed by atoms with Crippen LogP contribution in [0.25, 0.3) is 6.08 Å². The predicted molar refractivity (Wildman–Crippen MR) is 171 cm³/mol. The fourth-order valence-corrected chi connectivity index (χ4v) is 5.49. The van der Waals surface area contributed by atoms with Crippen LogP contribution in [0.15, 0.2) is 83.1 Å². The summed E-state index contributed by atoms with van der Waals surface area (Å²) in [6.07, 6.45) is 18.6. The Hall–Kier alpha value is -3.71. The molecule has 0 aliphatic carbocycles. The number of hydrogen-bond donors (Lipinski definition) is 0. The topological polar surface area (TPSA) is 72.6 Å². The average Bonchev–Trinajstić information content (AvgIpc) is 3.69. The number of ether oxygens (including phenoxy) is 1. The van der Waals surface area contributed by atoms with Crippen LogP contribution < -0.4 is 4.74 Å². The van der Waals surface area contributed by atoms with Gasteiger partial charge in [0.1, 0.15) is 18.6 Å². The summed E-state index contributed by atoms with van der Waals surface area (Å²) in [5.74, 6) is -0.0135. The number of carbonyl (C=O) groups is 2. The molecule has 1 atom stereocenters. The van der Waals surface area contributed by atoms with Gasteiger partial charge in [0, 0.05) is 41.6 Å². The van der Waals surface area contributed by atoms with E-state index in [1.54, 1.807) is 17.4 Å². The minimum Gasteiger partial charge on any atom is -0.488 e. The predicted octanol–water partition coefficient (Wildman–Crippen LogP) is 9.11. The molecule has 0 spiro atoms. The summed E-state index contributed by atoms with van der Waals surface area (Å²) in [6, 6.07) is 13.7. The number of thiophene rings is 1. The molecule has 1 unspecified atom stereocenters. The summed E-state index contributed by atoms with van der Waals surface area (Å²) < 4.78 is 11.2. The lowest BCUT2D eigenvalue weighted by atomic mass is 9.92. The van der Waals surface area contributed by atoms with Crippen molar-refractivity contribution in [2.24, 2.45) is 0 Å². The van der Waals surface area contributed by atoms with Crippen LogP contribution in [0.4, 0.5) is 0 Å². The number of unbranched alkanes of at least 4 members (excludes halogenated alkanes) is 3. The highest BCUT2D eigenvalue weighted by Gasteiger charge is 2.26. The maximum absolute atomic E-state index is 13.2. The number of benzene rings is 1. The van der Waals surface area contributed by atoms with Gasteiger partial charge in [-0.1, -0.05) is 74.7 Å². The van der Waals surface area contributed by atoms with Crippen molar-refractivity contribution in [2.45, 2.75) is 85.2 Å². The van der Waals surface area contributed by atoms with Crippen molar-refractivity contribution in [1.29, 1.82) is 0 Å². The number of aromatic nitrogens is 1. The average molecular weight is 589 g/mol. The molecule has 2 amide bonds. The van der Waals surface area contributed by atoms with Crippen LogP contribution in [0, 0.1) is 0 Å². The molecule has 6 nitrogen and oxygen atoms in total. The standard InChI is InChI=1S/C35H44N2O4S/c1-5-8-10-23-37(27(4)38)35(39)25-33(34-22-24-41-36-34)29-16-18-30(19-17-29)40-26-32-21-20-31(42-32)15-11-14-28(12-7-3)13-9-6-2/h7,11-12,14-22,24,33H,5-6,8-10,13,23,25-26H2,1-4H3/b12-7-,15-11+,28-14+. The first kappa shape index (κ1) is 32.8. The number of nitrogens with zero attached hydrogens (tertiary/aromatic N) is 2. The summed E-state index contributed by atoms with van der Waals surface area (Å²) in [4.78, 5) is 29.1. The van der Waals surface area contributed by atoms with Gasteiger partial charge in [-0.3, -0.25) is 14.5 Å².